The average Bonchev–Trinajstić information content (AvgIpc) is 4.05. The number of H-pyrrole nitrogens is 1. The highest BCUT2D eigenvalue weighted by atomic mass is 16.2. The molecule has 1 aliphatic heterocycles. The number of nitrogens with one attached hydrogen (secondary N) is 7. The topological polar surface area (TPSA) is 448 Å². The van der Waals surface area contributed by atoms with Gasteiger partial charge in [-0.1, -0.05) is 50.6 Å². The summed E-state index contributed by atoms with van der Waals surface area (Å²) in [6, 6.07) is 1.06. The highest BCUT2D eigenvalue weighted by Crippen LogP contribution is 2.20. The predicted octanol–water partition coefficient (Wildman–Crippen LogP) is -4.18. The molecular weight excluding hydrogens is 933 g/mol. The van der Waals surface area contributed by atoms with Crippen molar-refractivity contribution in [1.82, 2.24) is 46.8 Å². The van der Waals surface area contributed by atoms with E-state index >= 15 is 0 Å². The predicted molar refractivity (Wildman–Crippen MR) is 269 cm³/mol. The molecule has 2 heterocycles. The summed E-state index contributed by atoms with van der Waals surface area (Å²) >= 11 is 0. The van der Waals surface area contributed by atoms with Gasteiger partial charge in [0.2, 0.25) is 47.3 Å². The number of imidazole rings is 1. The fraction of sp³-hybridized carbons (Fsp3) is 0.587. The Morgan fingerprint density at radius 3 is 1.90 bits per heavy atom. The van der Waals surface area contributed by atoms with Crippen LogP contribution < -0.4 is 72.0 Å². The number of primary amides is 1. The molecule has 26 nitrogen and oxygen atoms in total. The second-order valence-corrected chi connectivity index (χ2v) is 18.1. The van der Waals surface area contributed by atoms with E-state index in [-0.39, 0.29) is 81.8 Å². The molecule has 21 N–H and O–H groups in total. The number of hydrogen-bond donors (Lipinski definition) is 14. The minimum atomic E-state index is -1.29. The van der Waals surface area contributed by atoms with Crippen LogP contribution in [0.4, 0.5) is 0 Å². The second kappa shape index (κ2) is 31.1. The first-order chi connectivity index (χ1) is 34.3. The van der Waals surface area contributed by atoms with E-state index in [0.29, 0.717) is 50.9 Å². The molecule has 1 saturated heterocycles. The molecule has 1 aliphatic rings. The van der Waals surface area contributed by atoms with Crippen LogP contribution in [-0.4, -0.2) is 149 Å². The number of aromatic nitrogens is 2. The SMILES string of the molecule is CC(C)C[C@H](NC(=O)[C@H](Cc1cnc[nH]1)NC(=O)[C@@H]1CCCN1C(=O)[C@@H](N)CCCCN)C(=O)N[C@@H](CCCN=C(N)N)C(=O)NCC(=O)N[C@@H](CCCN=C(N)N)C(=O)N[C@@H](Cc1ccccc1)C(N)=O. The molecule has 0 bridgehead atoms. The number of nitrogens with two attached hydrogens (primary N) is 7. The Labute approximate surface area is 419 Å². The van der Waals surface area contributed by atoms with Gasteiger partial charge in [-0.25, -0.2) is 4.98 Å². The molecule has 26 heteroatoms. The zero-order valence-corrected chi connectivity index (χ0v) is 41.3. The third kappa shape index (κ3) is 21.3. The van der Waals surface area contributed by atoms with Crippen molar-refractivity contribution >= 4 is 59.2 Å². The molecule has 398 valence electrons. The number of rotatable bonds is 32. The van der Waals surface area contributed by atoms with E-state index in [9.17, 15) is 38.4 Å². The third-order valence-electron chi connectivity index (χ3n) is 11.6. The van der Waals surface area contributed by atoms with Crippen LogP contribution in [-0.2, 0) is 51.2 Å². The molecule has 72 heavy (non-hydrogen) atoms. The lowest BCUT2D eigenvalue weighted by Crippen LogP contribution is -2.59. The Bertz CT molecular complexity index is 2130. The molecule has 0 saturated carbocycles. The van der Waals surface area contributed by atoms with Crippen molar-refractivity contribution in [3.05, 3.63) is 54.1 Å². The Kier molecular flexibility index (Phi) is 25.5. The van der Waals surface area contributed by atoms with Crippen molar-refractivity contribution in [1.29, 1.82) is 0 Å². The summed E-state index contributed by atoms with van der Waals surface area (Å²) in [7, 11) is 0. The van der Waals surface area contributed by atoms with Crippen molar-refractivity contribution < 1.29 is 38.4 Å². The van der Waals surface area contributed by atoms with E-state index in [2.05, 4.69) is 51.9 Å². The number of benzene rings is 1. The van der Waals surface area contributed by atoms with Gasteiger partial charge in [0.1, 0.15) is 36.3 Å². The highest BCUT2D eigenvalue weighted by molar-refractivity contribution is 5.97. The van der Waals surface area contributed by atoms with Gasteiger partial charge < -0.3 is 81.9 Å². The van der Waals surface area contributed by atoms with Crippen molar-refractivity contribution in [2.75, 3.05) is 32.7 Å². The third-order valence-corrected chi connectivity index (χ3v) is 11.6. The number of unbranched alkanes of at least 4 members (excludes halogenated alkanes) is 1. The number of likely N-dealkylation sites (tertiary alicyclic amines) is 1. The van der Waals surface area contributed by atoms with E-state index in [1.54, 1.807) is 30.3 Å². The van der Waals surface area contributed by atoms with Gasteiger partial charge in [0.15, 0.2) is 11.9 Å². The molecule has 0 spiro atoms. The number of carbonyl (C=O) groups is 8. The van der Waals surface area contributed by atoms with Crippen LogP contribution in [0, 0.1) is 5.92 Å². The van der Waals surface area contributed by atoms with Gasteiger partial charge in [-0.05, 0) is 75.8 Å². The number of guanidine groups is 2. The minimum absolute atomic E-state index is 0.0180. The maximum Gasteiger partial charge on any atom is 0.243 e. The molecule has 7 atom stereocenters. The molecule has 1 aromatic heterocycles. The summed E-state index contributed by atoms with van der Waals surface area (Å²) in [4.78, 5) is 125. The molecule has 3 rings (SSSR count). The first-order valence-corrected chi connectivity index (χ1v) is 24.2. The summed E-state index contributed by atoms with van der Waals surface area (Å²) in [5.41, 5.74) is 40.6. The average molecular weight is 1010 g/mol. The summed E-state index contributed by atoms with van der Waals surface area (Å²) in [6.45, 7) is 3.98. The summed E-state index contributed by atoms with van der Waals surface area (Å²) in [6.07, 6.45) is 6.13. The van der Waals surface area contributed by atoms with Crippen molar-refractivity contribution in [2.45, 2.75) is 133 Å². The van der Waals surface area contributed by atoms with Crippen LogP contribution in [0.5, 0.6) is 0 Å². The summed E-state index contributed by atoms with van der Waals surface area (Å²) in [5, 5.41) is 15.9. The van der Waals surface area contributed by atoms with Crippen LogP contribution in [0.3, 0.4) is 0 Å². The lowest BCUT2D eigenvalue weighted by atomic mass is 10.0. The smallest absolute Gasteiger partial charge is 0.243 e. The lowest BCUT2D eigenvalue weighted by molar-refractivity contribution is -0.140. The molecule has 0 aliphatic carbocycles. The Morgan fingerprint density at radius 1 is 0.722 bits per heavy atom. The number of aromatic amines is 1. The molecule has 0 radical (unpaired) electrons. The molecule has 2 aromatic rings. The zero-order valence-electron chi connectivity index (χ0n) is 41.3. The maximum atomic E-state index is 14.2. The van der Waals surface area contributed by atoms with Crippen LogP contribution in [0.2, 0.25) is 0 Å². The van der Waals surface area contributed by atoms with Gasteiger partial charge in [-0.15, -0.1) is 0 Å². The van der Waals surface area contributed by atoms with E-state index in [1.165, 1.54) is 17.4 Å². The van der Waals surface area contributed by atoms with Crippen LogP contribution in [0.1, 0.15) is 89.3 Å². The van der Waals surface area contributed by atoms with Crippen molar-refractivity contribution in [2.24, 2.45) is 56.0 Å². The van der Waals surface area contributed by atoms with Gasteiger partial charge in [0.25, 0.3) is 0 Å². The fourth-order valence-electron chi connectivity index (χ4n) is 7.91. The summed E-state index contributed by atoms with van der Waals surface area (Å²) in [5.74, 6) is -6.05. The normalized spacial score (nSPS) is 15.6. The lowest BCUT2D eigenvalue weighted by Gasteiger charge is -2.29. The largest absolute Gasteiger partial charge is 0.370 e. The van der Waals surface area contributed by atoms with Crippen LogP contribution in [0.15, 0.2) is 52.8 Å². The number of nitrogens with zero attached hydrogens (tertiary/aromatic N) is 4. The minimum Gasteiger partial charge on any atom is -0.370 e. The monoisotopic (exact) mass is 1010 g/mol. The second-order valence-electron chi connectivity index (χ2n) is 18.1. The molecule has 8 amide bonds. The van der Waals surface area contributed by atoms with Crippen LogP contribution in [0.25, 0.3) is 0 Å². The molecule has 1 fully saturated rings. The first-order valence-electron chi connectivity index (χ1n) is 24.2. The van der Waals surface area contributed by atoms with Gasteiger partial charge in [0.05, 0.1) is 18.9 Å². The van der Waals surface area contributed by atoms with E-state index < -0.39 is 90.2 Å². The summed E-state index contributed by atoms with van der Waals surface area (Å²) < 4.78 is 0. The van der Waals surface area contributed by atoms with E-state index in [4.69, 9.17) is 40.1 Å². The first kappa shape index (κ1) is 59.0. The number of aliphatic imine (C=N–C) groups is 2. The number of hydrogen-bond acceptors (Lipinski definition) is 13. The van der Waals surface area contributed by atoms with Gasteiger partial charge >= 0.3 is 0 Å². The Hall–Kier alpha value is -7.35. The number of amides is 8. The van der Waals surface area contributed by atoms with Gasteiger partial charge in [-0.3, -0.25) is 48.3 Å². The van der Waals surface area contributed by atoms with Crippen LogP contribution >= 0.6 is 0 Å². The standard InChI is InChI=1S/C46H76N18O8/c1-27(2)21-34(62-42(70)35(23-29-24-54-26-58-29)63-43(71)36-16-10-20-64(36)44(72)30(48)13-6-7-17-47)41(69)60-31(14-8-18-55-45(50)51)39(67)57-25-37(65)59-32(15-9-19-56-46(52)53)40(68)61-33(38(49)66)22-28-11-4-3-5-12-28/h3-5,11-12,24,26-27,30-36H,6-10,13-23,25,47-48H2,1-2H3,(H2,49,66)(H,54,58)(H,57,67)(H,59,65)(H,60,69)(H,61,68)(H,62,70)(H,63,71)(H4,50,51,55)(H4,52,53,56)/t30-,31-,32-,33-,34-,35-,36-/m0/s1. The van der Waals surface area contributed by atoms with E-state index in [1.807, 2.05) is 13.8 Å². The maximum absolute atomic E-state index is 14.2. The van der Waals surface area contributed by atoms with Crippen molar-refractivity contribution in [3.63, 3.8) is 0 Å². The van der Waals surface area contributed by atoms with Gasteiger partial charge in [-0.2, -0.15) is 0 Å². The molecule has 0 unspecified atom stereocenters. The molecule has 1 aromatic carbocycles. The Morgan fingerprint density at radius 2 is 1.32 bits per heavy atom. The van der Waals surface area contributed by atoms with Crippen molar-refractivity contribution in [3.8, 4) is 0 Å². The fourth-order valence-corrected chi connectivity index (χ4v) is 7.91. The van der Waals surface area contributed by atoms with E-state index in [0.717, 1.165) is 5.56 Å². The van der Waals surface area contributed by atoms with Gasteiger partial charge in [0, 0.05) is 44.4 Å². The highest BCUT2D eigenvalue weighted by Gasteiger charge is 2.38. The molecular formula is C46H76N18O8. The Balaban J connectivity index is 1.78. The zero-order chi connectivity index (χ0) is 53.2. The quantitative estimate of drug-likeness (QED) is 0.0188. The number of carbonyl (C=O) groups excluding carboxylic acids is 8.